The Morgan fingerprint density at radius 1 is 1.15 bits per heavy atom. The zero-order valence-corrected chi connectivity index (χ0v) is 18.5. The molecule has 1 fully saturated rings. The number of rotatable bonds is 4. The van der Waals surface area contributed by atoms with E-state index in [1.807, 2.05) is 12.1 Å². The van der Waals surface area contributed by atoms with Crippen LogP contribution in [0.15, 0.2) is 72.8 Å². The van der Waals surface area contributed by atoms with Crippen molar-refractivity contribution in [3.63, 3.8) is 0 Å². The number of nitrogen functional groups attached to an aromatic ring is 1. The molecule has 0 bridgehead atoms. The van der Waals surface area contributed by atoms with Crippen LogP contribution in [-0.2, 0) is 6.54 Å². The van der Waals surface area contributed by atoms with E-state index in [0.29, 0.717) is 5.92 Å². The average Bonchev–Trinajstić information content (AvgIpc) is 3.46. The number of hydrogen-bond acceptors (Lipinski definition) is 4. The normalized spacial score (nSPS) is 15.5. The Kier molecular flexibility index (Phi) is 6.90. The number of benzene rings is 3. The van der Waals surface area contributed by atoms with Crippen molar-refractivity contribution in [3.8, 4) is 6.07 Å². The predicted molar refractivity (Wildman–Crippen MR) is 130 cm³/mol. The number of nitrogens with one attached hydrogen (secondary N) is 1. The highest BCUT2D eigenvalue weighted by molar-refractivity contribution is 5.93. The Balaban J connectivity index is 0.000000231. The van der Waals surface area contributed by atoms with E-state index in [-0.39, 0.29) is 16.9 Å². The topological polar surface area (TPSA) is 106 Å². The zero-order valence-electron chi connectivity index (χ0n) is 18.5. The summed E-state index contributed by atoms with van der Waals surface area (Å²) in [5.41, 5.74) is 9.55. The molecule has 0 amide bonds. The van der Waals surface area contributed by atoms with Crippen LogP contribution >= 0.6 is 0 Å². The molecule has 1 aromatic heterocycles. The third-order valence-electron chi connectivity index (χ3n) is 5.92. The van der Waals surface area contributed by atoms with Crippen LogP contribution in [0.2, 0.25) is 0 Å². The molecule has 3 aromatic carbocycles. The third-order valence-corrected chi connectivity index (χ3v) is 5.92. The highest BCUT2D eigenvalue weighted by Crippen LogP contribution is 2.30. The molecule has 1 unspecified atom stereocenters. The summed E-state index contributed by atoms with van der Waals surface area (Å²) in [6.45, 7) is 3.15. The molecule has 1 aliphatic heterocycles. The van der Waals surface area contributed by atoms with Crippen molar-refractivity contribution in [3.05, 3.63) is 101 Å². The van der Waals surface area contributed by atoms with Gasteiger partial charge in [0.1, 0.15) is 11.5 Å². The molecule has 2 heterocycles. The van der Waals surface area contributed by atoms with Gasteiger partial charge < -0.3 is 15.8 Å². The second-order valence-electron chi connectivity index (χ2n) is 8.43. The molecule has 0 aliphatic carbocycles. The van der Waals surface area contributed by atoms with Crippen LogP contribution in [0.1, 0.15) is 39.5 Å². The number of H-pyrrole nitrogens is 1. The fraction of sp³-hybridized carbons (Fsp3) is 0.185. The predicted octanol–water partition coefficient (Wildman–Crippen LogP) is 5.14. The Bertz CT molecular complexity index is 1320. The molecule has 172 valence electrons. The highest BCUT2D eigenvalue weighted by Gasteiger charge is 2.24. The minimum atomic E-state index is -0.914. The van der Waals surface area contributed by atoms with Crippen molar-refractivity contribution in [2.45, 2.75) is 18.9 Å². The maximum absolute atomic E-state index is 12.4. The van der Waals surface area contributed by atoms with Crippen LogP contribution in [-0.4, -0.2) is 34.0 Å². The average molecular weight is 457 g/mol. The van der Waals surface area contributed by atoms with E-state index in [1.54, 1.807) is 12.1 Å². The lowest BCUT2D eigenvalue weighted by Crippen LogP contribution is -2.19. The third kappa shape index (κ3) is 5.61. The van der Waals surface area contributed by atoms with Gasteiger partial charge in [-0.25, -0.2) is 9.18 Å². The van der Waals surface area contributed by atoms with Gasteiger partial charge in [-0.15, -0.1) is 0 Å². The number of aromatic nitrogens is 1. The van der Waals surface area contributed by atoms with Gasteiger partial charge in [0.2, 0.25) is 0 Å². The molecule has 1 aliphatic rings. The first-order chi connectivity index (χ1) is 16.4. The Morgan fingerprint density at radius 2 is 1.94 bits per heavy atom. The molecule has 34 heavy (non-hydrogen) atoms. The highest BCUT2D eigenvalue weighted by atomic mass is 19.1. The van der Waals surface area contributed by atoms with Gasteiger partial charge in [0.25, 0.3) is 0 Å². The van der Waals surface area contributed by atoms with Gasteiger partial charge in [0.05, 0.1) is 11.6 Å². The second-order valence-corrected chi connectivity index (χ2v) is 8.43. The van der Waals surface area contributed by atoms with Gasteiger partial charge in [-0.1, -0.05) is 36.4 Å². The van der Waals surface area contributed by atoms with E-state index >= 15 is 0 Å². The van der Waals surface area contributed by atoms with Crippen LogP contribution in [0.4, 0.5) is 10.1 Å². The van der Waals surface area contributed by atoms with E-state index in [9.17, 15) is 9.18 Å². The summed E-state index contributed by atoms with van der Waals surface area (Å²) in [6.07, 6.45) is 1.15. The number of nitrogens with two attached hydrogens (primary N) is 1. The number of carboxylic acid groups (broad SMARTS) is 1. The van der Waals surface area contributed by atoms with Crippen molar-refractivity contribution >= 4 is 22.6 Å². The van der Waals surface area contributed by atoms with Gasteiger partial charge in [0, 0.05) is 29.7 Å². The number of hydrogen-bond donors (Lipinski definition) is 3. The van der Waals surface area contributed by atoms with E-state index < -0.39 is 11.8 Å². The number of nitrogens with zero attached hydrogens (tertiary/aromatic N) is 2. The fourth-order valence-electron chi connectivity index (χ4n) is 4.29. The number of carboxylic acids is 1. The van der Waals surface area contributed by atoms with Gasteiger partial charge in [-0.3, -0.25) is 4.90 Å². The van der Waals surface area contributed by atoms with Gasteiger partial charge in [-0.05, 0) is 66.4 Å². The number of aromatic carboxylic acids is 1. The van der Waals surface area contributed by atoms with Crippen LogP contribution < -0.4 is 5.73 Å². The maximum atomic E-state index is 12.4. The first-order valence-electron chi connectivity index (χ1n) is 11.0. The lowest BCUT2D eigenvalue weighted by molar-refractivity contribution is 0.0691. The summed E-state index contributed by atoms with van der Waals surface area (Å²) in [7, 11) is 0. The molecule has 6 nitrogen and oxygen atoms in total. The molecule has 0 radical (unpaired) electrons. The van der Waals surface area contributed by atoms with Gasteiger partial charge in [0.15, 0.2) is 0 Å². The second kappa shape index (κ2) is 10.2. The van der Waals surface area contributed by atoms with Crippen molar-refractivity contribution in [2.24, 2.45) is 0 Å². The van der Waals surface area contributed by atoms with Crippen molar-refractivity contribution < 1.29 is 14.3 Å². The minimum absolute atomic E-state index is 0.248. The number of aromatic amines is 1. The van der Waals surface area contributed by atoms with Gasteiger partial charge >= 0.3 is 5.97 Å². The van der Waals surface area contributed by atoms with Crippen LogP contribution in [0, 0.1) is 17.1 Å². The quantitative estimate of drug-likeness (QED) is 0.369. The first-order valence-corrected chi connectivity index (χ1v) is 11.0. The SMILES string of the molecule is N#Cc1cc(N)cc(F)c1.O=C(O)c1cc2cc(C3CCN(Cc4ccccc4)C3)ccc2[nH]1. The molecule has 1 atom stereocenters. The number of anilines is 1. The van der Waals surface area contributed by atoms with Crippen molar-refractivity contribution in [1.82, 2.24) is 9.88 Å². The summed E-state index contributed by atoms with van der Waals surface area (Å²) < 4.78 is 12.4. The van der Waals surface area contributed by atoms with Crippen molar-refractivity contribution in [2.75, 3.05) is 18.8 Å². The molecule has 0 saturated carbocycles. The number of likely N-dealkylation sites (tertiary alicyclic amines) is 1. The lowest BCUT2D eigenvalue weighted by atomic mass is 9.97. The number of halogens is 1. The molecule has 4 aromatic rings. The molecule has 1 saturated heterocycles. The standard InChI is InChI=1S/C20H20N2O2.C7H5FN2/c23-20(24)19-11-17-10-15(6-7-18(17)21-19)16-8-9-22(13-16)12-14-4-2-1-3-5-14;8-6-1-5(4-9)2-7(10)3-6/h1-7,10-11,16,21H,8-9,12-13H2,(H,23,24);1-3H,10H2. The van der Waals surface area contributed by atoms with E-state index in [4.69, 9.17) is 16.1 Å². The van der Waals surface area contributed by atoms with Crippen molar-refractivity contribution in [1.29, 1.82) is 5.26 Å². The van der Waals surface area contributed by atoms with Crippen LogP contribution in [0.3, 0.4) is 0 Å². The summed E-state index contributed by atoms with van der Waals surface area (Å²) in [6, 6.07) is 24.1. The summed E-state index contributed by atoms with van der Waals surface area (Å²) in [4.78, 5) is 16.5. The summed E-state index contributed by atoms with van der Waals surface area (Å²) in [5, 5.41) is 18.4. The largest absolute Gasteiger partial charge is 0.477 e. The Hall–Kier alpha value is -4.15. The monoisotopic (exact) mass is 456 g/mol. The number of carbonyl (C=O) groups is 1. The lowest BCUT2D eigenvalue weighted by Gasteiger charge is -2.16. The fourth-order valence-corrected chi connectivity index (χ4v) is 4.29. The Labute approximate surface area is 197 Å². The minimum Gasteiger partial charge on any atom is -0.477 e. The summed E-state index contributed by atoms with van der Waals surface area (Å²) >= 11 is 0. The van der Waals surface area contributed by atoms with E-state index in [1.165, 1.54) is 23.3 Å². The van der Waals surface area contributed by atoms with Gasteiger partial charge in [-0.2, -0.15) is 5.26 Å². The molecular formula is C27H25FN4O2. The Morgan fingerprint density at radius 3 is 2.65 bits per heavy atom. The molecule has 7 heteroatoms. The maximum Gasteiger partial charge on any atom is 0.352 e. The molecule has 4 N–H and O–H groups in total. The zero-order chi connectivity index (χ0) is 24.1. The molecule has 5 rings (SSSR count). The van der Waals surface area contributed by atoms with Crippen LogP contribution in [0.25, 0.3) is 10.9 Å². The molecule has 0 spiro atoms. The summed E-state index contributed by atoms with van der Waals surface area (Å²) in [5.74, 6) is -0.875. The number of nitriles is 1. The van der Waals surface area contributed by atoms with E-state index in [2.05, 4.69) is 46.3 Å². The van der Waals surface area contributed by atoms with Crippen LogP contribution in [0.5, 0.6) is 0 Å². The molecular weight excluding hydrogens is 431 g/mol. The smallest absolute Gasteiger partial charge is 0.352 e. The first kappa shape index (κ1) is 23.0. The number of fused-ring (bicyclic) bond motifs is 1. The van der Waals surface area contributed by atoms with E-state index in [0.717, 1.165) is 43.0 Å².